The second-order valence-electron chi connectivity index (χ2n) is 6.23. The topological polar surface area (TPSA) is 23.6 Å². The average molecular weight is 351 g/mol. The van der Waals surface area contributed by atoms with Gasteiger partial charge in [0.1, 0.15) is 0 Å². The molecular formula is C17H23BrN2O. The first-order valence-corrected chi connectivity index (χ1v) is 8.77. The van der Waals surface area contributed by atoms with Crippen LogP contribution in [0.3, 0.4) is 0 Å². The van der Waals surface area contributed by atoms with Gasteiger partial charge in [0.2, 0.25) is 5.91 Å². The molecule has 0 saturated carbocycles. The second-order valence-corrected chi connectivity index (χ2v) is 7.15. The summed E-state index contributed by atoms with van der Waals surface area (Å²) in [6.07, 6.45) is 4.56. The van der Waals surface area contributed by atoms with E-state index in [2.05, 4.69) is 50.0 Å². The maximum atomic E-state index is 12.5. The van der Waals surface area contributed by atoms with E-state index in [4.69, 9.17) is 0 Å². The fourth-order valence-corrected chi connectivity index (χ4v) is 3.71. The van der Waals surface area contributed by atoms with Crippen molar-refractivity contribution in [2.45, 2.75) is 32.2 Å². The zero-order chi connectivity index (χ0) is 14.7. The van der Waals surface area contributed by atoms with Crippen LogP contribution in [-0.4, -0.2) is 41.9 Å². The van der Waals surface area contributed by atoms with Crippen molar-refractivity contribution in [1.82, 2.24) is 9.80 Å². The molecule has 0 bridgehead atoms. The van der Waals surface area contributed by atoms with Crippen LogP contribution < -0.4 is 0 Å². The number of carbonyl (C=O) groups excluding carboxylic acids is 1. The van der Waals surface area contributed by atoms with E-state index in [1.165, 1.54) is 18.4 Å². The Kier molecular flexibility index (Phi) is 4.96. The highest BCUT2D eigenvalue weighted by Gasteiger charge is 2.30. The fraction of sp³-hybridized carbons (Fsp3) is 0.588. The van der Waals surface area contributed by atoms with Crippen LogP contribution in [0.25, 0.3) is 0 Å². The Morgan fingerprint density at radius 1 is 1.10 bits per heavy atom. The van der Waals surface area contributed by atoms with Gasteiger partial charge in [0.25, 0.3) is 0 Å². The molecule has 114 valence electrons. The molecule has 0 aromatic heterocycles. The quantitative estimate of drug-likeness (QED) is 0.834. The lowest BCUT2D eigenvalue weighted by Gasteiger charge is -2.34. The van der Waals surface area contributed by atoms with E-state index in [1.807, 2.05) is 0 Å². The number of piperidine rings is 1. The highest BCUT2D eigenvalue weighted by Crippen LogP contribution is 2.23. The molecule has 3 rings (SSSR count). The lowest BCUT2D eigenvalue weighted by atomic mass is 9.96. The smallest absolute Gasteiger partial charge is 0.226 e. The Bertz CT molecular complexity index is 482. The van der Waals surface area contributed by atoms with Gasteiger partial charge in [-0.3, -0.25) is 9.69 Å². The highest BCUT2D eigenvalue weighted by atomic mass is 79.9. The normalized spacial score (nSPS) is 23.5. The van der Waals surface area contributed by atoms with Crippen LogP contribution in [0.5, 0.6) is 0 Å². The summed E-state index contributed by atoms with van der Waals surface area (Å²) in [5.41, 5.74) is 1.33. The number of amides is 1. The van der Waals surface area contributed by atoms with Gasteiger partial charge < -0.3 is 4.90 Å². The number of hydrogen-bond acceptors (Lipinski definition) is 2. The molecule has 1 aromatic carbocycles. The molecule has 3 nitrogen and oxygen atoms in total. The van der Waals surface area contributed by atoms with Crippen LogP contribution in [0, 0.1) is 5.92 Å². The molecule has 2 aliphatic rings. The SMILES string of the molecule is O=C(C1CCCN(Cc2ccc(Br)cc2)C1)N1CCCC1. The first kappa shape index (κ1) is 15.0. The lowest BCUT2D eigenvalue weighted by Crippen LogP contribution is -2.43. The third kappa shape index (κ3) is 3.86. The van der Waals surface area contributed by atoms with Crippen molar-refractivity contribution in [3.05, 3.63) is 34.3 Å². The molecule has 4 heteroatoms. The first-order valence-electron chi connectivity index (χ1n) is 7.98. The summed E-state index contributed by atoms with van der Waals surface area (Å²) in [5.74, 6) is 0.611. The Hall–Kier alpha value is -0.870. The number of nitrogens with zero attached hydrogens (tertiary/aromatic N) is 2. The summed E-state index contributed by atoms with van der Waals surface area (Å²) >= 11 is 3.47. The van der Waals surface area contributed by atoms with E-state index in [0.717, 1.165) is 50.0 Å². The molecule has 1 unspecified atom stereocenters. The summed E-state index contributed by atoms with van der Waals surface area (Å²) < 4.78 is 1.12. The molecule has 2 saturated heterocycles. The molecule has 0 N–H and O–H groups in total. The Morgan fingerprint density at radius 3 is 2.52 bits per heavy atom. The number of carbonyl (C=O) groups is 1. The van der Waals surface area contributed by atoms with Crippen molar-refractivity contribution < 1.29 is 4.79 Å². The van der Waals surface area contributed by atoms with Crippen LogP contribution >= 0.6 is 15.9 Å². The molecule has 1 amide bonds. The van der Waals surface area contributed by atoms with Gasteiger partial charge in [0, 0.05) is 30.7 Å². The highest BCUT2D eigenvalue weighted by molar-refractivity contribution is 9.10. The van der Waals surface area contributed by atoms with Crippen molar-refractivity contribution in [1.29, 1.82) is 0 Å². The van der Waals surface area contributed by atoms with E-state index in [9.17, 15) is 4.79 Å². The molecule has 0 radical (unpaired) electrons. The van der Waals surface area contributed by atoms with Crippen LogP contribution in [-0.2, 0) is 11.3 Å². The number of hydrogen-bond donors (Lipinski definition) is 0. The third-order valence-corrected chi connectivity index (χ3v) is 5.12. The maximum absolute atomic E-state index is 12.5. The molecule has 0 aliphatic carbocycles. The van der Waals surface area contributed by atoms with Crippen LogP contribution in [0.15, 0.2) is 28.7 Å². The van der Waals surface area contributed by atoms with E-state index in [0.29, 0.717) is 5.91 Å². The minimum Gasteiger partial charge on any atom is -0.342 e. The maximum Gasteiger partial charge on any atom is 0.226 e. The van der Waals surface area contributed by atoms with Gasteiger partial charge in [-0.05, 0) is 49.9 Å². The van der Waals surface area contributed by atoms with Crippen molar-refractivity contribution in [2.24, 2.45) is 5.92 Å². The van der Waals surface area contributed by atoms with Crippen LogP contribution in [0.4, 0.5) is 0 Å². The van der Waals surface area contributed by atoms with Gasteiger partial charge in [-0.25, -0.2) is 0 Å². The second kappa shape index (κ2) is 6.93. The van der Waals surface area contributed by atoms with Gasteiger partial charge in [0.05, 0.1) is 5.92 Å². The van der Waals surface area contributed by atoms with Gasteiger partial charge in [-0.2, -0.15) is 0 Å². The van der Waals surface area contributed by atoms with E-state index >= 15 is 0 Å². The number of rotatable bonds is 3. The first-order chi connectivity index (χ1) is 10.2. The Morgan fingerprint density at radius 2 is 1.81 bits per heavy atom. The number of benzene rings is 1. The van der Waals surface area contributed by atoms with E-state index in [-0.39, 0.29) is 5.92 Å². The zero-order valence-electron chi connectivity index (χ0n) is 12.4. The minimum atomic E-state index is 0.215. The van der Waals surface area contributed by atoms with Crippen LogP contribution in [0.1, 0.15) is 31.2 Å². The number of likely N-dealkylation sites (tertiary alicyclic amines) is 2. The average Bonchev–Trinajstić information content (AvgIpc) is 3.03. The predicted molar refractivity (Wildman–Crippen MR) is 88.0 cm³/mol. The van der Waals surface area contributed by atoms with Gasteiger partial charge in [-0.15, -0.1) is 0 Å². The third-order valence-electron chi connectivity index (χ3n) is 4.59. The zero-order valence-corrected chi connectivity index (χ0v) is 14.0. The molecule has 1 atom stereocenters. The van der Waals surface area contributed by atoms with Crippen molar-refractivity contribution >= 4 is 21.8 Å². The summed E-state index contributed by atoms with van der Waals surface area (Å²) in [7, 11) is 0. The molecule has 2 heterocycles. The van der Waals surface area contributed by atoms with E-state index < -0.39 is 0 Å². The monoisotopic (exact) mass is 350 g/mol. The Balaban J connectivity index is 1.57. The summed E-state index contributed by atoms with van der Waals surface area (Å²) in [5, 5.41) is 0. The Labute approximate surface area is 135 Å². The summed E-state index contributed by atoms with van der Waals surface area (Å²) in [4.78, 5) is 17.0. The van der Waals surface area contributed by atoms with Crippen LogP contribution in [0.2, 0.25) is 0 Å². The van der Waals surface area contributed by atoms with Gasteiger partial charge >= 0.3 is 0 Å². The van der Waals surface area contributed by atoms with E-state index in [1.54, 1.807) is 0 Å². The van der Waals surface area contributed by atoms with Gasteiger partial charge in [0.15, 0.2) is 0 Å². The molecule has 2 aliphatic heterocycles. The molecule has 1 aromatic rings. The molecule has 0 spiro atoms. The molecular weight excluding hydrogens is 328 g/mol. The largest absolute Gasteiger partial charge is 0.342 e. The summed E-state index contributed by atoms with van der Waals surface area (Å²) in [6.45, 7) is 4.94. The van der Waals surface area contributed by atoms with Crippen molar-refractivity contribution in [2.75, 3.05) is 26.2 Å². The number of halogens is 1. The van der Waals surface area contributed by atoms with Crippen molar-refractivity contribution in [3.8, 4) is 0 Å². The minimum absolute atomic E-state index is 0.215. The fourth-order valence-electron chi connectivity index (χ4n) is 3.44. The molecule has 21 heavy (non-hydrogen) atoms. The molecule has 2 fully saturated rings. The predicted octanol–water partition coefficient (Wildman–Crippen LogP) is 3.28. The standard InChI is InChI=1S/C17H23BrN2O/c18-16-7-5-14(6-8-16)12-19-9-3-4-15(13-19)17(21)20-10-1-2-11-20/h5-8,15H,1-4,9-13H2. The van der Waals surface area contributed by atoms with Gasteiger partial charge in [-0.1, -0.05) is 28.1 Å². The van der Waals surface area contributed by atoms with Crippen molar-refractivity contribution in [3.63, 3.8) is 0 Å². The lowest BCUT2D eigenvalue weighted by molar-refractivity contribution is -0.136. The summed E-state index contributed by atoms with van der Waals surface area (Å²) in [6, 6.07) is 8.50.